The Kier molecular flexibility index (Phi) is 4.49. The summed E-state index contributed by atoms with van der Waals surface area (Å²) in [6.45, 7) is 3.63. The van der Waals surface area contributed by atoms with Crippen LogP contribution in [0, 0.1) is 0 Å². The molecular weight excluding hydrogens is 258 g/mol. The molecule has 98 valence electrons. The minimum atomic E-state index is -1.11. The predicted octanol–water partition coefficient (Wildman–Crippen LogP) is 1.13. The van der Waals surface area contributed by atoms with Gasteiger partial charge in [0.2, 0.25) is 5.91 Å². The Morgan fingerprint density at radius 1 is 1.50 bits per heavy atom. The number of carboxylic acid groups (broad SMARTS) is 1. The van der Waals surface area contributed by atoms with Gasteiger partial charge in [-0.15, -0.1) is 0 Å². The van der Waals surface area contributed by atoms with Gasteiger partial charge in [0.1, 0.15) is 11.0 Å². The predicted molar refractivity (Wildman–Crippen MR) is 67.9 cm³/mol. The lowest BCUT2D eigenvalue weighted by atomic mass is 10.2. The second-order valence-electron chi connectivity index (χ2n) is 4.03. The van der Waals surface area contributed by atoms with Crippen molar-refractivity contribution in [1.82, 2.24) is 4.98 Å². The molecule has 0 atom stereocenters. The molecule has 0 bridgehead atoms. The summed E-state index contributed by atoms with van der Waals surface area (Å²) < 4.78 is 0. The van der Waals surface area contributed by atoms with Gasteiger partial charge in [-0.2, -0.15) is 0 Å². The number of aromatic nitrogens is 1. The van der Waals surface area contributed by atoms with Crippen molar-refractivity contribution in [1.29, 1.82) is 0 Å². The Morgan fingerprint density at radius 2 is 2.11 bits per heavy atom. The van der Waals surface area contributed by atoms with E-state index in [-0.39, 0.29) is 23.3 Å². The Balaban J connectivity index is 3.19. The number of halogens is 1. The molecule has 18 heavy (non-hydrogen) atoms. The normalized spacial score (nSPS) is 10.4. The molecule has 0 spiro atoms. The highest BCUT2D eigenvalue weighted by Crippen LogP contribution is 2.20. The second-order valence-corrected chi connectivity index (χ2v) is 4.42. The lowest BCUT2D eigenvalue weighted by molar-refractivity contribution is -0.116. The highest BCUT2D eigenvalue weighted by Gasteiger charge is 2.17. The SMILES string of the molecule is CC(C)N(CC(N)=O)c1cc(C(=O)O)cc(Cl)n1. The summed E-state index contributed by atoms with van der Waals surface area (Å²) in [5, 5.41) is 8.99. The van der Waals surface area contributed by atoms with E-state index in [0.717, 1.165) is 0 Å². The van der Waals surface area contributed by atoms with Gasteiger partial charge in [0.15, 0.2) is 0 Å². The first-order valence-electron chi connectivity index (χ1n) is 5.27. The van der Waals surface area contributed by atoms with Gasteiger partial charge in [-0.3, -0.25) is 4.79 Å². The van der Waals surface area contributed by atoms with Gasteiger partial charge in [0.25, 0.3) is 0 Å². The molecule has 1 heterocycles. The molecule has 0 aliphatic heterocycles. The Morgan fingerprint density at radius 3 is 2.56 bits per heavy atom. The molecule has 0 aromatic carbocycles. The van der Waals surface area contributed by atoms with E-state index >= 15 is 0 Å². The van der Waals surface area contributed by atoms with Crippen molar-refractivity contribution in [2.24, 2.45) is 5.73 Å². The quantitative estimate of drug-likeness (QED) is 0.783. The van der Waals surface area contributed by atoms with E-state index < -0.39 is 11.9 Å². The third-order valence-electron chi connectivity index (χ3n) is 2.27. The van der Waals surface area contributed by atoms with E-state index in [1.807, 2.05) is 13.8 Å². The van der Waals surface area contributed by atoms with E-state index in [1.165, 1.54) is 12.1 Å². The van der Waals surface area contributed by atoms with E-state index in [0.29, 0.717) is 5.82 Å². The number of rotatable bonds is 5. The number of carboxylic acids is 1. The van der Waals surface area contributed by atoms with Crippen LogP contribution >= 0.6 is 11.6 Å². The molecule has 1 amide bonds. The van der Waals surface area contributed by atoms with E-state index in [4.69, 9.17) is 22.4 Å². The number of anilines is 1. The number of primary amides is 1. The summed E-state index contributed by atoms with van der Waals surface area (Å²) in [5.41, 5.74) is 5.16. The summed E-state index contributed by atoms with van der Waals surface area (Å²) in [4.78, 5) is 27.5. The average Bonchev–Trinajstić information content (AvgIpc) is 2.24. The minimum absolute atomic E-state index is 0.0140. The van der Waals surface area contributed by atoms with Gasteiger partial charge in [-0.05, 0) is 26.0 Å². The lowest BCUT2D eigenvalue weighted by Crippen LogP contribution is -2.39. The summed E-state index contributed by atoms with van der Waals surface area (Å²) >= 11 is 5.76. The number of nitrogens with two attached hydrogens (primary N) is 1. The van der Waals surface area contributed by atoms with Crippen LogP contribution in [0.5, 0.6) is 0 Å². The van der Waals surface area contributed by atoms with Crippen LogP contribution in [0.1, 0.15) is 24.2 Å². The third-order valence-corrected chi connectivity index (χ3v) is 2.46. The van der Waals surface area contributed by atoms with Gasteiger partial charge < -0.3 is 15.7 Å². The third kappa shape index (κ3) is 3.59. The Hall–Kier alpha value is -1.82. The van der Waals surface area contributed by atoms with Gasteiger partial charge in [0, 0.05) is 6.04 Å². The molecular formula is C11H14ClN3O3. The number of nitrogens with zero attached hydrogens (tertiary/aromatic N) is 2. The highest BCUT2D eigenvalue weighted by molar-refractivity contribution is 6.29. The Labute approximate surface area is 109 Å². The van der Waals surface area contributed by atoms with Crippen LogP contribution in [0.4, 0.5) is 5.82 Å². The molecule has 0 unspecified atom stereocenters. The molecule has 1 rings (SSSR count). The van der Waals surface area contributed by atoms with Crippen molar-refractivity contribution in [2.45, 2.75) is 19.9 Å². The van der Waals surface area contributed by atoms with Crippen molar-refractivity contribution in [3.05, 3.63) is 22.8 Å². The molecule has 0 aliphatic carbocycles. The topological polar surface area (TPSA) is 96.5 Å². The van der Waals surface area contributed by atoms with E-state index in [1.54, 1.807) is 4.90 Å². The molecule has 6 nitrogen and oxygen atoms in total. The number of carbonyl (C=O) groups is 2. The summed E-state index contributed by atoms with van der Waals surface area (Å²) in [6.07, 6.45) is 0. The number of carbonyl (C=O) groups excluding carboxylic acids is 1. The molecule has 1 aromatic heterocycles. The first-order chi connectivity index (χ1) is 8.31. The molecule has 3 N–H and O–H groups in total. The van der Waals surface area contributed by atoms with Gasteiger partial charge in [-0.25, -0.2) is 9.78 Å². The van der Waals surface area contributed by atoms with Gasteiger partial charge >= 0.3 is 5.97 Å². The monoisotopic (exact) mass is 271 g/mol. The molecule has 7 heteroatoms. The van der Waals surface area contributed by atoms with Crippen LogP contribution in [0.2, 0.25) is 5.15 Å². The van der Waals surface area contributed by atoms with Crippen molar-refractivity contribution >= 4 is 29.3 Å². The maximum Gasteiger partial charge on any atom is 0.335 e. The molecule has 0 radical (unpaired) electrons. The zero-order valence-electron chi connectivity index (χ0n) is 10.1. The maximum absolute atomic E-state index is 11.0. The molecule has 0 aliphatic rings. The highest BCUT2D eigenvalue weighted by atomic mass is 35.5. The van der Waals surface area contributed by atoms with Gasteiger partial charge in [-0.1, -0.05) is 11.6 Å². The number of amides is 1. The molecule has 0 fully saturated rings. The minimum Gasteiger partial charge on any atom is -0.478 e. The second kappa shape index (κ2) is 5.68. The zero-order chi connectivity index (χ0) is 13.9. The number of hydrogen-bond acceptors (Lipinski definition) is 4. The van der Waals surface area contributed by atoms with Crippen LogP contribution in [0.3, 0.4) is 0 Å². The average molecular weight is 272 g/mol. The van der Waals surface area contributed by atoms with E-state index in [9.17, 15) is 9.59 Å². The van der Waals surface area contributed by atoms with Crippen LogP contribution in [0.15, 0.2) is 12.1 Å². The maximum atomic E-state index is 11.0. The van der Waals surface area contributed by atoms with Crippen molar-refractivity contribution in [2.75, 3.05) is 11.4 Å². The number of hydrogen-bond donors (Lipinski definition) is 2. The first-order valence-corrected chi connectivity index (χ1v) is 5.65. The summed E-state index contributed by atoms with van der Waals surface area (Å²) in [6, 6.07) is 2.54. The fourth-order valence-electron chi connectivity index (χ4n) is 1.45. The Bertz CT molecular complexity index is 477. The molecule has 1 aromatic rings. The van der Waals surface area contributed by atoms with Crippen LogP contribution in [0.25, 0.3) is 0 Å². The molecule has 0 saturated carbocycles. The number of aromatic carboxylic acids is 1. The van der Waals surface area contributed by atoms with Crippen LogP contribution in [-0.4, -0.2) is 34.6 Å². The lowest BCUT2D eigenvalue weighted by Gasteiger charge is -2.26. The standard InChI is InChI=1S/C11H14ClN3O3/c1-6(2)15(5-9(13)16)10-4-7(11(17)18)3-8(12)14-10/h3-4,6H,5H2,1-2H3,(H2,13,16)(H,17,18). The summed E-state index contributed by atoms with van der Waals surface area (Å²) in [5.74, 6) is -1.32. The fourth-order valence-corrected chi connectivity index (χ4v) is 1.65. The first kappa shape index (κ1) is 14.2. The van der Waals surface area contributed by atoms with E-state index in [2.05, 4.69) is 4.98 Å². The van der Waals surface area contributed by atoms with Crippen LogP contribution in [-0.2, 0) is 4.79 Å². The smallest absolute Gasteiger partial charge is 0.335 e. The zero-order valence-corrected chi connectivity index (χ0v) is 10.8. The van der Waals surface area contributed by atoms with Crippen molar-refractivity contribution < 1.29 is 14.7 Å². The fraction of sp³-hybridized carbons (Fsp3) is 0.364. The van der Waals surface area contributed by atoms with Crippen molar-refractivity contribution in [3.8, 4) is 0 Å². The largest absolute Gasteiger partial charge is 0.478 e. The number of pyridine rings is 1. The summed E-state index contributed by atoms with van der Waals surface area (Å²) in [7, 11) is 0. The molecule has 0 saturated heterocycles. The van der Waals surface area contributed by atoms with Crippen LogP contribution < -0.4 is 10.6 Å². The van der Waals surface area contributed by atoms with Crippen molar-refractivity contribution in [3.63, 3.8) is 0 Å². The van der Waals surface area contributed by atoms with Gasteiger partial charge in [0.05, 0.1) is 12.1 Å².